The Hall–Kier alpha value is -1.00. The smallest absolute Gasteiger partial charge is 0.129 e. The number of rotatable bonds is 6. The topological polar surface area (TPSA) is 24.9 Å². The molecule has 0 unspecified atom stereocenters. The molecule has 1 aromatic carbocycles. The maximum Gasteiger partial charge on any atom is 0.129 e. The van der Waals surface area contributed by atoms with E-state index in [4.69, 9.17) is 0 Å². The third kappa shape index (κ3) is 4.55. The minimum absolute atomic E-state index is 0.932. The second-order valence-corrected chi connectivity index (χ2v) is 6.14. The molecule has 0 aliphatic heterocycles. The fraction of sp³-hybridized carbons (Fsp3) is 0.267. The monoisotopic (exact) mass is 336 g/mol. The van der Waals surface area contributed by atoms with Crippen molar-refractivity contribution in [3.63, 3.8) is 0 Å². The number of pyridine rings is 1. The average molecular weight is 337 g/mol. The fourth-order valence-electron chi connectivity index (χ4n) is 1.65. The SMILES string of the molecule is CCCNc1ncccc1CSc1ccc(Br)cc1. The van der Waals surface area contributed by atoms with Crippen molar-refractivity contribution >= 4 is 33.5 Å². The van der Waals surface area contributed by atoms with E-state index in [0.29, 0.717) is 0 Å². The Kier molecular flexibility index (Phi) is 5.73. The Morgan fingerprint density at radius 1 is 1.21 bits per heavy atom. The van der Waals surface area contributed by atoms with Crippen LogP contribution in [0.3, 0.4) is 0 Å². The maximum atomic E-state index is 4.41. The number of benzene rings is 1. The number of aromatic nitrogens is 1. The lowest BCUT2D eigenvalue weighted by Crippen LogP contribution is -2.04. The van der Waals surface area contributed by atoms with Crippen LogP contribution >= 0.6 is 27.7 Å². The van der Waals surface area contributed by atoms with E-state index in [1.165, 1.54) is 10.5 Å². The normalized spacial score (nSPS) is 10.4. The van der Waals surface area contributed by atoms with Crippen molar-refractivity contribution in [2.24, 2.45) is 0 Å². The highest BCUT2D eigenvalue weighted by Crippen LogP contribution is 2.26. The summed E-state index contributed by atoms with van der Waals surface area (Å²) in [5, 5.41) is 3.38. The lowest BCUT2D eigenvalue weighted by molar-refractivity contribution is 0.965. The van der Waals surface area contributed by atoms with E-state index in [1.54, 1.807) is 0 Å². The molecule has 0 saturated carbocycles. The Labute approximate surface area is 127 Å². The van der Waals surface area contributed by atoms with Crippen LogP contribution in [0.4, 0.5) is 5.82 Å². The number of hydrogen-bond donors (Lipinski definition) is 1. The van der Waals surface area contributed by atoms with Gasteiger partial charge in [0.1, 0.15) is 5.82 Å². The first-order valence-electron chi connectivity index (χ1n) is 6.35. The van der Waals surface area contributed by atoms with Crippen LogP contribution in [0.25, 0.3) is 0 Å². The predicted molar refractivity (Wildman–Crippen MR) is 86.7 cm³/mol. The second-order valence-electron chi connectivity index (χ2n) is 4.18. The number of anilines is 1. The van der Waals surface area contributed by atoms with Gasteiger partial charge in [0.2, 0.25) is 0 Å². The van der Waals surface area contributed by atoms with E-state index < -0.39 is 0 Å². The quantitative estimate of drug-likeness (QED) is 0.754. The summed E-state index contributed by atoms with van der Waals surface area (Å²) in [6.45, 7) is 3.12. The second kappa shape index (κ2) is 7.56. The van der Waals surface area contributed by atoms with Crippen LogP contribution in [-0.2, 0) is 5.75 Å². The highest BCUT2D eigenvalue weighted by atomic mass is 79.9. The zero-order chi connectivity index (χ0) is 13.5. The predicted octanol–water partition coefficient (Wildman–Crippen LogP) is 4.96. The van der Waals surface area contributed by atoms with Crippen molar-refractivity contribution < 1.29 is 0 Å². The average Bonchev–Trinajstić information content (AvgIpc) is 2.45. The standard InChI is InChI=1S/C15H17BrN2S/c1-2-9-17-15-12(4-3-10-18-15)11-19-14-7-5-13(16)6-8-14/h3-8,10H,2,9,11H2,1H3,(H,17,18). The van der Waals surface area contributed by atoms with Gasteiger partial charge in [-0.3, -0.25) is 0 Å². The number of nitrogens with one attached hydrogen (secondary N) is 1. The zero-order valence-electron chi connectivity index (χ0n) is 10.9. The van der Waals surface area contributed by atoms with Gasteiger partial charge < -0.3 is 5.32 Å². The molecule has 1 aromatic heterocycles. The Balaban J connectivity index is 2.00. The molecule has 0 saturated heterocycles. The minimum atomic E-state index is 0.932. The van der Waals surface area contributed by atoms with E-state index in [0.717, 1.165) is 29.0 Å². The number of hydrogen-bond acceptors (Lipinski definition) is 3. The van der Waals surface area contributed by atoms with Gasteiger partial charge in [-0.05, 0) is 36.8 Å². The van der Waals surface area contributed by atoms with Gasteiger partial charge in [-0.15, -0.1) is 11.8 Å². The summed E-state index contributed by atoms with van der Waals surface area (Å²) < 4.78 is 1.11. The molecule has 1 N–H and O–H groups in total. The van der Waals surface area contributed by atoms with Gasteiger partial charge in [-0.1, -0.05) is 28.9 Å². The van der Waals surface area contributed by atoms with E-state index in [1.807, 2.05) is 24.0 Å². The van der Waals surface area contributed by atoms with Gasteiger partial charge in [0.25, 0.3) is 0 Å². The molecule has 0 radical (unpaired) electrons. The number of halogens is 1. The molecule has 2 aromatic rings. The molecule has 0 bridgehead atoms. The van der Waals surface area contributed by atoms with Crippen LogP contribution in [0.1, 0.15) is 18.9 Å². The Morgan fingerprint density at radius 3 is 2.74 bits per heavy atom. The largest absolute Gasteiger partial charge is 0.370 e. The fourth-order valence-corrected chi connectivity index (χ4v) is 2.80. The molecular formula is C15H17BrN2S. The van der Waals surface area contributed by atoms with E-state index >= 15 is 0 Å². The van der Waals surface area contributed by atoms with Crippen LogP contribution < -0.4 is 5.32 Å². The van der Waals surface area contributed by atoms with Crippen molar-refractivity contribution in [2.75, 3.05) is 11.9 Å². The Bertz CT molecular complexity index is 514. The van der Waals surface area contributed by atoms with Crippen LogP contribution in [0.2, 0.25) is 0 Å². The zero-order valence-corrected chi connectivity index (χ0v) is 13.3. The molecule has 19 heavy (non-hydrogen) atoms. The van der Waals surface area contributed by atoms with Gasteiger partial charge >= 0.3 is 0 Å². The molecular weight excluding hydrogens is 320 g/mol. The van der Waals surface area contributed by atoms with Crippen LogP contribution in [0.5, 0.6) is 0 Å². The van der Waals surface area contributed by atoms with Crippen molar-refractivity contribution in [1.29, 1.82) is 0 Å². The first-order valence-corrected chi connectivity index (χ1v) is 8.13. The van der Waals surface area contributed by atoms with Gasteiger partial charge in [-0.25, -0.2) is 4.98 Å². The minimum Gasteiger partial charge on any atom is -0.370 e. The maximum absolute atomic E-state index is 4.41. The number of nitrogens with zero attached hydrogens (tertiary/aromatic N) is 1. The highest BCUT2D eigenvalue weighted by molar-refractivity contribution is 9.10. The molecule has 0 atom stereocenters. The molecule has 4 heteroatoms. The molecule has 0 amide bonds. The van der Waals surface area contributed by atoms with Crippen molar-refractivity contribution in [3.8, 4) is 0 Å². The first-order chi connectivity index (χ1) is 9.29. The van der Waals surface area contributed by atoms with Gasteiger partial charge in [0.15, 0.2) is 0 Å². The molecule has 0 aliphatic rings. The summed E-state index contributed by atoms with van der Waals surface area (Å²) in [5.74, 6) is 1.94. The van der Waals surface area contributed by atoms with Crippen LogP contribution in [0, 0.1) is 0 Å². The van der Waals surface area contributed by atoms with Crippen LogP contribution in [0.15, 0.2) is 52.0 Å². The van der Waals surface area contributed by atoms with E-state index in [-0.39, 0.29) is 0 Å². The van der Waals surface area contributed by atoms with E-state index in [2.05, 4.69) is 63.5 Å². The van der Waals surface area contributed by atoms with E-state index in [9.17, 15) is 0 Å². The molecule has 0 aliphatic carbocycles. The van der Waals surface area contributed by atoms with Crippen LogP contribution in [-0.4, -0.2) is 11.5 Å². The third-order valence-electron chi connectivity index (χ3n) is 2.64. The lowest BCUT2D eigenvalue weighted by Gasteiger charge is -2.09. The summed E-state index contributed by atoms with van der Waals surface area (Å²) in [6, 6.07) is 12.5. The summed E-state index contributed by atoms with van der Waals surface area (Å²) in [5.41, 5.74) is 1.25. The highest BCUT2D eigenvalue weighted by Gasteiger charge is 2.03. The summed E-state index contributed by atoms with van der Waals surface area (Å²) >= 11 is 5.28. The van der Waals surface area contributed by atoms with Gasteiger partial charge in [0, 0.05) is 33.4 Å². The van der Waals surface area contributed by atoms with Crippen molar-refractivity contribution in [3.05, 3.63) is 52.6 Å². The van der Waals surface area contributed by atoms with Gasteiger partial charge in [0.05, 0.1) is 0 Å². The summed E-state index contributed by atoms with van der Waals surface area (Å²) in [4.78, 5) is 5.68. The lowest BCUT2D eigenvalue weighted by atomic mass is 10.3. The summed E-state index contributed by atoms with van der Waals surface area (Å²) in [6.07, 6.45) is 2.95. The molecule has 0 spiro atoms. The summed E-state index contributed by atoms with van der Waals surface area (Å²) in [7, 11) is 0. The first kappa shape index (κ1) is 14.4. The van der Waals surface area contributed by atoms with Crippen molar-refractivity contribution in [2.45, 2.75) is 24.0 Å². The third-order valence-corrected chi connectivity index (χ3v) is 4.23. The molecule has 1 heterocycles. The molecule has 100 valence electrons. The van der Waals surface area contributed by atoms with Gasteiger partial charge in [-0.2, -0.15) is 0 Å². The molecule has 2 nitrogen and oxygen atoms in total. The Morgan fingerprint density at radius 2 is 2.00 bits per heavy atom. The molecule has 2 rings (SSSR count). The van der Waals surface area contributed by atoms with Crippen molar-refractivity contribution in [1.82, 2.24) is 4.98 Å². The molecule has 0 fully saturated rings. The number of thioether (sulfide) groups is 1.